The lowest BCUT2D eigenvalue weighted by atomic mass is 9.67. The van der Waals surface area contributed by atoms with E-state index < -0.39 is 47.0 Å². The second kappa shape index (κ2) is 7.39. The van der Waals surface area contributed by atoms with Crippen LogP contribution in [0.15, 0.2) is 48.2 Å². The fourth-order valence-electron chi connectivity index (χ4n) is 4.24. The Hall–Kier alpha value is -3.67. The average Bonchev–Trinajstić information content (AvgIpc) is 2.99. The quantitative estimate of drug-likeness (QED) is 0.545. The molecule has 1 aromatic rings. The van der Waals surface area contributed by atoms with Gasteiger partial charge in [-0.1, -0.05) is 24.3 Å². The molecule has 0 spiro atoms. The highest BCUT2D eigenvalue weighted by molar-refractivity contribution is 6.06. The van der Waals surface area contributed by atoms with Gasteiger partial charge in [0.15, 0.2) is 5.41 Å². The highest BCUT2D eigenvalue weighted by Gasteiger charge is 2.69. The van der Waals surface area contributed by atoms with E-state index in [4.69, 9.17) is 16.2 Å². The van der Waals surface area contributed by atoms with Gasteiger partial charge in [-0.2, -0.15) is 5.26 Å². The van der Waals surface area contributed by atoms with Crippen LogP contribution in [-0.2, 0) is 19.1 Å². The number of carbonyl (C=O) groups is 3. The molecule has 0 unspecified atom stereocenters. The Bertz CT molecular complexity index is 983. The number of allylic oxidation sites excluding steroid dienone is 2. The molecule has 1 aromatic carbocycles. The maximum Gasteiger partial charge on any atom is 0.324 e. The van der Waals surface area contributed by atoms with Crippen molar-refractivity contribution < 1.29 is 23.5 Å². The second-order valence-electron chi connectivity index (χ2n) is 6.75. The van der Waals surface area contributed by atoms with Crippen molar-refractivity contribution in [3.8, 4) is 6.07 Å². The molecule has 0 aliphatic carbocycles. The summed E-state index contributed by atoms with van der Waals surface area (Å²) >= 11 is 0. The Morgan fingerprint density at radius 1 is 1.31 bits per heavy atom. The highest BCUT2D eigenvalue weighted by Crippen LogP contribution is 2.54. The fraction of sp³-hybridized carbons (Fsp3) is 0.300. The molecular formula is C20H19FN4O4. The summed E-state index contributed by atoms with van der Waals surface area (Å²) in [6, 6.07) is 4.98. The normalized spacial score (nSPS) is 27.6. The van der Waals surface area contributed by atoms with E-state index in [1.54, 1.807) is 6.92 Å². The minimum Gasteiger partial charge on any atom is -0.465 e. The maximum absolute atomic E-state index is 14.8. The van der Waals surface area contributed by atoms with Gasteiger partial charge in [0.2, 0.25) is 11.8 Å². The van der Waals surface area contributed by atoms with Gasteiger partial charge < -0.3 is 21.1 Å². The summed E-state index contributed by atoms with van der Waals surface area (Å²) in [5.41, 5.74) is 9.30. The lowest BCUT2D eigenvalue weighted by Gasteiger charge is -2.35. The van der Waals surface area contributed by atoms with Crippen LogP contribution in [0.1, 0.15) is 18.4 Å². The van der Waals surface area contributed by atoms with Gasteiger partial charge in [-0.15, -0.1) is 0 Å². The Morgan fingerprint density at radius 2 is 2.00 bits per heavy atom. The van der Waals surface area contributed by atoms with Crippen LogP contribution in [-0.4, -0.2) is 41.4 Å². The zero-order valence-corrected chi connectivity index (χ0v) is 15.5. The van der Waals surface area contributed by atoms with Gasteiger partial charge in [0.1, 0.15) is 17.9 Å². The standard InChI is InChI=1S/C20H19FN4O4/c1-2-29-19(28)20(18(24)27)14-8-7-11(9-22)10-25(14)16(17(23)26)15(20)12-5-3-4-6-13(12)21/h3-8,10,14-16H,2H2,1H3,(H2,23,26)(H2,24,27)/t14-,15+,16+,20-/m0/s1. The second-order valence-corrected chi connectivity index (χ2v) is 6.75. The number of carbonyl (C=O) groups excluding carboxylic acids is 3. The lowest BCUT2D eigenvalue weighted by Crippen LogP contribution is -2.55. The number of nitriles is 1. The fourth-order valence-corrected chi connectivity index (χ4v) is 4.24. The first-order chi connectivity index (χ1) is 13.8. The van der Waals surface area contributed by atoms with Crippen LogP contribution in [0.4, 0.5) is 4.39 Å². The topological polar surface area (TPSA) is 140 Å². The number of esters is 1. The van der Waals surface area contributed by atoms with Gasteiger partial charge in [0.25, 0.3) is 0 Å². The number of amides is 2. The van der Waals surface area contributed by atoms with Crippen molar-refractivity contribution >= 4 is 17.8 Å². The van der Waals surface area contributed by atoms with E-state index in [0.29, 0.717) is 0 Å². The number of rotatable bonds is 5. The molecule has 1 saturated heterocycles. The van der Waals surface area contributed by atoms with E-state index in [0.717, 1.165) is 6.07 Å². The number of hydrogen-bond acceptors (Lipinski definition) is 6. The molecule has 0 saturated carbocycles. The van der Waals surface area contributed by atoms with Gasteiger partial charge >= 0.3 is 5.97 Å². The van der Waals surface area contributed by atoms with Crippen molar-refractivity contribution in [3.63, 3.8) is 0 Å². The first-order valence-corrected chi connectivity index (χ1v) is 8.89. The van der Waals surface area contributed by atoms with E-state index >= 15 is 0 Å². The predicted molar refractivity (Wildman–Crippen MR) is 98.8 cm³/mol. The molecular weight excluding hydrogens is 379 g/mol. The number of nitrogens with two attached hydrogens (primary N) is 2. The van der Waals surface area contributed by atoms with Crippen molar-refractivity contribution in [2.45, 2.75) is 24.9 Å². The molecule has 2 heterocycles. The van der Waals surface area contributed by atoms with Crippen LogP contribution < -0.4 is 11.5 Å². The van der Waals surface area contributed by atoms with Crippen LogP contribution in [0.3, 0.4) is 0 Å². The highest BCUT2D eigenvalue weighted by atomic mass is 19.1. The molecule has 8 nitrogen and oxygen atoms in total. The number of fused-ring (bicyclic) bond motifs is 1. The minimum atomic E-state index is -2.13. The Balaban J connectivity index is 2.37. The summed E-state index contributed by atoms with van der Waals surface area (Å²) in [5.74, 6) is -5.06. The third-order valence-corrected chi connectivity index (χ3v) is 5.34. The monoisotopic (exact) mass is 398 g/mol. The Morgan fingerprint density at radius 3 is 2.55 bits per heavy atom. The summed E-state index contributed by atoms with van der Waals surface area (Å²) in [6.07, 6.45) is 4.13. The lowest BCUT2D eigenvalue weighted by molar-refractivity contribution is -0.161. The molecule has 1 fully saturated rings. The molecule has 150 valence electrons. The van der Waals surface area contributed by atoms with Crippen molar-refractivity contribution in [1.29, 1.82) is 5.26 Å². The smallest absolute Gasteiger partial charge is 0.324 e. The van der Waals surface area contributed by atoms with Crippen molar-refractivity contribution in [1.82, 2.24) is 4.90 Å². The van der Waals surface area contributed by atoms with E-state index in [-0.39, 0.29) is 17.7 Å². The molecule has 2 aliphatic rings. The van der Waals surface area contributed by atoms with Crippen LogP contribution in [0.25, 0.3) is 0 Å². The third kappa shape index (κ3) is 2.84. The molecule has 0 aromatic heterocycles. The van der Waals surface area contributed by atoms with Gasteiger partial charge in [-0.05, 0) is 24.6 Å². The summed E-state index contributed by atoms with van der Waals surface area (Å²) in [5, 5.41) is 9.24. The van der Waals surface area contributed by atoms with Crippen molar-refractivity contribution in [3.05, 3.63) is 59.6 Å². The molecule has 9 heteroatoms. The largest absolute Gasteiger partial charge is 0.465 e. The number of benzene rings is 1. The van der Waals surface area contributed by atoms with Crippen LogP contribution in [0.2, 0.25) is 0 Å². The molecule has 4 N–H and O–H groups in total. The number of ether oxygens (including phenoxy) is 1. The summed E-state index contributed by atoms with van der Waals surface area (Å²) in [6.45, 7) is 1.49. The minimum absolute atomic E-state index is 0.0607. The van der Waals surface area contributed by atoms with Gasteiger partial charge in [0.05, 0.1) is 18.2 Å². The third-order valence-electron chi connectivity index (χ3n) is 5.34. The average molecular weight is 398 g/mol. The van der Waals surface area contributed by atoms with Crippen molar-refractivity contribution in [2.24, 2.45) is 16.9 Å². The molecule has 2 aliphatic heterocycles. The van der Waals surface area contributed by atoms with Crippen molar-refractivity contribution in [2.75, 3.05) is 6.61 Å². The van der Waals surface area contributed by atoms with Gasteiger partial charge in [-0.25, -0.2) is 4.39 Å². The first kappa shape index (κ1) is 20.1. The summed E-state index contributed by atoms with van der Waals surface area (Å²) in [7, 11) is 0. The Labute approximate surface area is 166 Å². The molecule has 4 atom stereocenters. The number of nitrogens with zero attached hydrogens (tertiary/aromatic N) is 2. The molecule has 0 bridgehead atoms. The molecule has 2 amide bonds. The van der Waals surface area contributed by atoms with Crippen LogP contribution in [0.5, 0.6) is 0 Å². The SMILES string of the molecule is CCOC(=O)[C@]1(C(N)=O)[C@H](c2ccccc2F)[C@H](C(N)=O)N2C=C(C#N)C=C[C@H]21. The molecule has 0 radical (unpaired) electrons. The van der Waals surface area contributed by atoms with Gasteiger partial charge in [-0.3, -0.25) is 14.4 Å². The summed E-state index contributed by atoms with van der Waals surface area (Å²) < 4.78 is 19.9. The van der Waals surface area contributed by atoms with Crippen LogP contribution >= 0.6 is 0 Å². The number of hydrogen-bond donors (Lipinski definition) is 2. The van der Waals surface area contributed by atoms with Gasteiger partial charge in [0, 0.05) is 12.1 Å². The summed E-state index contributed by atoms with van der Waals surface area (Å²) in [4.78, 5) is 39.7. The van der Waals surface area contributed by atoms with Crippen LogP contribution in [0, 0.1) is 22.6 Å². The van der Waals surface area contributed by atoms with E-state index in [2.05, 4.69) is 0 Å². The zero-order valence-electron chi connectivity index (χ0n) is 15.5. The first-order valence-electron chi connectivity index (χ1n) is 8.89. The molecule has 3 rings (SSSR count). The maximum atomic E-state index is 14.8. The predicted octanol–water partition coefficient (Wildman–Crippen LogP) is 0.459. The Kier molecular flexibility index (Phi) is 5.12. The van der Waals surface area contributed by atoms with E-state index in [1.165, 1.54) is 41.5 Å². The van der Waals surface area contributed by atoms with E-state index in [9.17, 15) is 24.0 Å². The number of halogens is 1. The van der Waals surface area contributed by atoms with E-state index in [1.807, 2.05) is 6.07 Å². The number of primary amides is 2. The molecule has 29 heavy (non-hydrogen) atoms. The zero-order chi connectivity index (χ0) is 21.3.